The van der Waals surface area contributed by atoms with Gasteiger partial charge in [0.2, 0.25) is 0 Å². The zero-order valence-electron chi connectivity index (χ0n) is 9.66. The van der Waals surface area contributed by atoms with E-state index < -0.39 is 36.6 Å². The van der Waals surface area contributed by atoms with Crippen LogP contribution in [0.2, 0.25) is 0 Å². The molecule has 5 nitrogen and oxygen atoms in total. The molecule has 0 aliphatic heterocycles. The standard InChI is InChI=1S/C10H22O5/c1-5(11)9(6(2)12)15-10(7(3)13)8(4)14/h5-14H,1-4H3. The van der Waals surface area contributed by atoms with E-state index in [0.29, 0.717) is 0 Å². The van der Waals surface area contributed by atoms with Crippen molar-refractivity contribution in [2.75, 3.05) is 0 Å². The van der Waals surface area contributed by atoms with Crippen molar-refractivity contribution in [1.82, 2.24) is 0 Å². The normalized spacial score (nSPS) is 24.0. The Balaban J connectivity index is 4.48. The van der Waals surface area contributed by atoms with Gasteiger partial charge in [-0.25, -0.2) is 0 Å². The molecule has 0 rings (SSSR count). The molecule has 0 saturated heterocycles. The van der Waals surface area contributed by atoms with Crippen molar-refractivity contribution in [3.8, 4) is 0 Å². The molecule has 0 radical (unpaired) electrons. The maximum absolute atomic E-state index is 9.35. The summed E-state index contributed by atoms with van der Waals surface area (Å²) in [4.78, 5) is 0. The monoisotopic (exact) mass is 222 g/mol. The molecule has 0 fully saturated rings. The molecule has 0 aromatic heterocycles. The Morgan fingerprint density at radius 2 is 0.800 bits per heavy atom. The highest BCUT2D eigenvalue weighted by Gasteiger charge is 2.30. The predicted molar refractivity (Wildman–Crippen MR) is 55.4 cm³/mol. The van der Waals surface area contributed by atoms with Crippen molar-refractivity contribution < 1.29 is 25.2 Å². The van der Waals surface area contributed by atoms with Crippen LogP contribution >= 0.6 is 0 Å². The van der Waals surface area contributed by atoms with E-state index in [-0.39, 0.29) is 0 Å². The molecular formula is C10H22O5. The largest absolute Gasteiger partial charge is 0.391 e. The van der Waals surface area contributed by atoms with E-state index in [2.05, 4.69) is 0 Å². The van der Waals surface area contributed by atoms with Gasteiger partial charge in [-0.3, -0.25) is 0 Å². The minimum Gasteiger partial charge on any atom is -0.391 e. The third kappa shape index (κ3) is 4.90. The summed E-state index contributed by atoms with van der Waals surface area (Å²) in [6.07, 6.45) is -5.12. The fourth-order valence-corrected chi connectivity index (χ4v) is 1.44. The Labute approximate surface area is 90.3 Å². The SMILES string of the molecule is CC(O)C(OC(C(C)O)C(C)O)C(C)O. The van der Waals surface area contributed by atoms with E-state index in [1.165, 1.54) is 27.7 Å². The molecule has 0 aromatic carbocycles. The summed E-state index contributed by atoms with van der Waals surface area (Å²) in [5.74, 6) is 0. The number of rotatable bonds is 6. The second-order valence-corrected chi connectivity index (χ2v) is 4.03. The molecule has 0 spiro atoms. The van der Waals surface area contributed by atoms with Gasteiger partial charge in [0, 0.05) is 0 Å². The Morgan fingerprint density at radius 3 is 0.933 bits per heavy atom. The Morgan fingerprint density at radius 1 is 0.600 bits per heavy atom. The molecule has 92 valence electrons. The quantitative estimate of drug-likeness (QED) is 0.475. The lowest BCUT2D eigenvalue weighted by molar-refractivity contribution is -0.171. The van der Waals surface area contributed by atoms with Crippen LogP contribution in [0.15, 0.2) is 0 Å². The first-order valence-corrected chi connectivity index (χ1v) is 5.15. The van der Waals surface area contributed by atoms with Crippen molar-refractivity contribution >= 4 is 0 Å². The van der Waals surface area contributed by atoms with Crippen molar-refractivity contribution in [3.05, 3.63) is 0 Å². The summed E-state index contributed by atoms with van der Waals surface area (Å²) in [5, 5.41) is 37.4. The van der Waals surface area contributed by atoms with E-state index >= 15 is 0 Å². The summed E-state index contributed by atoms with van der Waals surface area (Å²) in [6.45, 7) is 5.94. The van der Waals surface area contributed by atoms with Crippen molar-refractivity contribution in [2.24, 2.45) is 0 Å². The van der Waals surface area contributed by atoms with Crippen LogP contribution in [0.5, 0.6) is 0 Å². The van der Waals surface area contributed by atoms with Crippen LogP contribution in [-0.4, -0.2) is 57.0 Å². The summed E-state index contributed by atoms with van der Waals surface area (Å²) in [6, 6.07) is 0. The van der Waals surface area contributed by atoms with Crippen molar-refractivity contribution in [3.63, 3.8) is 0 Å². The first kappa shape index (κ1) is 14.8. The van der Waals surface area contributed by atoms with Gasteiger partial charge in [0.15, 0.2) is 0 Å². The molecule has 0 aliphatic rings. The molecule has 5 heteroatoms. The van der Waals surface area contributed by atoms with Crippen molar-refractivity contribution in [1.29, 1.82) is 0 Å². The number of aliphatic hydroxyl groups is 4. The molecule has 4 atom stereocenters. The van der Waals surface area contributed by atoms with E-state index in [1.54, 1.807) is 0 Å². The van der Waals surface area contributed by atoms with Gasteiger partial charge in [-0.15, -0.1) is 0 Å². The maximum atomic E-state index is 9.35. The molecule has 0 bridgehead atoms. The first-order chi connectivity index (χ1) is 6.77. The molecule has 15 heavy (non-hydrogen) atoms. The summed E-state index contributed by atoms with van der Waals surface area (Å²) >= 11 is 0. The van der Waals surface area contributed by atoms with Crippen LogP contribution in [0.3, 0.4) is 0 Å². The summed E-state index contributed by atoms with van der Waals surface area (Å²) in [7, 11) is 0. The van der Waals surface area contributed by atoms with E-state index in [1.807, 2.05) is 0 Å². The number of hydrogen-bond donors (Lipinski definition) is 4. The molecule has 0 saturated carbocycles. The van der Waals surface area contributed by atoms with Crippen LogP contribution in [0, 0.1) is 0 Å². The van der Waals surface area contributed by atoms with Crippen LogP contribution in [0.4, 0.5) is 0 Å². The lowest BCUT2D eigenvalue weighted by Gasteiger charge is -2.31. The molecule has 0 aliphatic carbocycles. The highest BCUT2D eigenvalue weighted by atomic mass is 16.5. The van der Waals surface area contributed by atoms with Gasteiger partial charge in [0.25, 0.3) is 0 Å². The molecule has 0 heterocycles. The molecule has 0 amide bonds. The average Bonchev–Trinajstić information content (AvgIpc) is 2.01. The molecule has 4 N–H and O–H groups in total. The van der Waals surface area contributed by atoms with E-state index in [0.717, 1.165) is 0 Å². The van der Waals surface area contributed by atoms with Gasteiger partial charge >= 0.3 is 0 Å². The fourth-order valence-electron chi connectivity index (χ4n) is 1.44. The van der Waals surface area contributed by atoms with E-state index in [4.69, 9.17) is 4.74 Å². The molecule has 4 unspecified atom stereocenters. The summed E-state index contributed by atoms with van der Waals surface area (Å²) in [5.41, 5.74) is 0. The average molecular weight is 222 g/mol. The second-order valence-electron chi connectivity index (χ2n) is 4.03. The van der Waals surface area contributed by atoms with Crippen LogP contribution < -0.4 is 0 Å². The lowest BCUT2D eigenvalue weighted by atomic mass is 10.1. The first-order valence-electron chi connectivity index (χ1n) is 5.15. The van der Waals surface area contributed by atoms with Crippen LogP contribution in [0.1, 0.15) is 27.7 Å². The minimum atomic E-state index is -0.870. The van der Waals surface area contributed by atoms with Gasteiger partial charge in [-0.1, -0.05) is 0 Å². The van der Waals surface area contributed by atoms with Crippen molar-refractivity contribution in [2.45, 2.75) is 64.3 Å². The third-order valence-corrected chi connectivity index (χ3v) is 2.22. The van der Waals surface area contributed by atoms with Gasteiger partial charge in [-0.05, 0) is 27.7 Å². The molecule has 0 aromatic rings. The van der Waals surface area contributed by atoms with Gasteiger partial charge in [0.1, 0.15) is 12.2 Å². The summed E-state index contributed by atoms with van der Waals surface area (Å²) < 4.78 is 5.30. The van der Waals surface area contributed by atoms with Crippen LogP contribution in [0.25, 0.3) is 0 Å². The highest BCUT2D eigenvalue weighted by Crippen LogP contribution is 2.13. The van der Waals surface area contributed by atoms with Crippen LogP contribution in [-0.2, 0) is 4.74 Å². The number of aliphatic hydroxyl groups excluding tert-OH is 4. The second kappa shape index (κ2) is 6.40. The zero-order chi connectivity index (χ0) is 12.2. The highest BCUT2D eigenvalue weighted by molar-refractivity contribution is 4.77. The Bertz CT molecular complexity index is 133. The minimum absolute atomic E-state index is 0.820. The fraction of sp³-hybridized carbons (Fsp3) is 1.00. The third-order valence-electron chi connectivity index (χ3n) is 2.22. The maximum Gasteiger partial charge on any atom is 0.109 e. The zero-order valence-corrected chi connectivity index (χ0v) is 9.66. The Kier molecular flexibility index (Phi) is 6.31. The van der Waals surface area contributed by atoms with Gasteiger partial charge in [0.05, 0.1) is 24.4 Å². The predicted octanol–water partition coefficient (Wildman–Crippen LogP) is -0.737. The van der Waals surface area contributed by atoms with E-state index in [9.17, 15) is 20.4 Å². The number of hydrogen-bond acceptors (Lipinski definition) is 5. The Hall–Kier alpha value is -0.200. The smallest absolute Gasteiger partial charge is 0.109 e. The number of ether oxygens (including phenoxy) is 1. The van der Waals surface area contributed by atoms with Gasteiger partial charge < -0.3 is 25.2 Å². The molecular weight excluding hydrogens is 200 g/mol. The van der Waals surface area contributed by atoms with Gasteiger partial charge in [-0.2, -0.15) is 0 Å². The lowest BCUT2D eigenvalue weighted by Crippen LogP contribution is -2.46. The topological polar surface area (TPSA) is 90.2 Å².